The van der Waals surface area contributed by atoms with Crippen molar-refractivity contribution >= 4 is 28.9 Å². The van der Waals surface area contributed by atoms with Gasteiger partial charge in [0.15, 0.2) is 6.29 Å². The summed E-state index contributed by atoms with van der Waals surface area (Å²) in [6.45, 7) is 2.02. The Labute approximate surface area is 127 Å². The molecule has 0 aliphatic carbocycles. The highest BCUT2D eigenvalue weighted by Gasteiger charge is 2.11. The lowest BCUT2D eigenvalue weighted by Crippen LogP contribution is -2.19. The number of rotatable bonds is 4. The molecule has 2 heterocycles. The van der Waals surface area contributed by atoms with E-state index < -0.39 is 0 Å². The number of fused-ring (bicyclic) bond motifs is 1. The Morgan fingerprint density at radius 1 is 1.27 bits per heavy atom. The molecule has 0 bridgehead atoms. The average Bonchev–Trinajstić information content (AvgIpc) is 2.88. The summed E-state index contributed by atoms with van der Waals surface area (Å²) < 4.78 is 1.77. The lowest BCUT2D eigenvalue weighted by atomic mass is 10.2. The highest BCUT2D eigenvalue weighted by atomic mass is 16.2. The van der Waals surface area contributed by atoms with Crippen molar-refractivity contribution in [3.63, 3.8) is 0 Å². The van der Waals surface area contributed by atoms with E-state index in [0.717, 1.165) is 22.8 Å². The standard InChI is InChI=1S/C17H15N3O2/c1-12-5-4-8-18-17(12)19-16(22)10-20-9-13(11-21)14-6-2-3-7-15(14)20/h2-9,11H,10H2,1H3,(H,18,19,22). The monoisotopic (exact) mass is 293 g/mol. The molecule has 0 aliphatic rings. The number of benzene rings is 1. The molecule has 110 valence electrons. The zero-order valence-electron chi connectivity index (χ0n) is 12.1. The Morgan fingerprint density at radius 3 is 2.86 bits per heavy atom. The van der Waals surface area contributed by atoms with Gasteiger partial charge in [0.05, 0.1) is 0 Å². The first kappa shape index (κ1) is 14.0. The maximum absolute atomic E-state index is 12.2. The summed E-state index contributed by atoms with van der Waals surface area (Å²) in [5, 5.41) is 3.64. The molecule has 2 aromatic heterocycles. The number of hydrogen-bond acceptors (Lipinski definition) is 3. The molecule has 0 saturated heterocycles. The van der Waals surface area contributed by atoms with Crippen LogP contribution in [0, 0.1) is 6.92 Å². The van der Waals surface area contributed by atoms with Crippen LogP contribution in [0.5, 0.6) is 0 Å². The third-order valence-electron chi connectivity index (χ3n) is 3.53. The summed E-state index contributed by atoms with van der Waals surface area (Å²) >= 11 is 0. The van der Waals surface area contributed by atoms with Crippen LogP contribution in [0.15, 0.2) is 48.8 Å². The van der Waals surface area contributed by atoms with E-state index in [0.29, 0.717) is 11.4 Å². The SMILES string of the molecule is Cc1cccnc1NC(=O)Cn1cc(C=O)c2ccccc21. The van der Waals surface area contributed by atoms with E-state index in [1.165, 1.54) is 0 Å². The van der Waals surface area contributed by atoms with E-state index in [1.54, 1.807) is 17.0 Å². The fraction of sp³-hybridized carbons (Fsp3) is 0.118. The predicted octanol–water partition coefficient (Wildman–Crippen LogP) is 2.80. The number of anilines is 1. The Balaban J connectivity index is 1.86. The molecule has 3 aromatic rings. The van der Waals surface area contributed by atoms with Crippen molar-refractivity contribution in [3.05, 3.63) is 59.9 Å². The number of carbonyl (C=O) groups is 2. The van der Waals surface area contributed by atoms with Crippen LogP contribution >= 0.6 is 0 Å². The van der Waals surface area contributed by atoms with Crippen molar-refractivity contribution in [3.8, 4) is 0 Å². The summed E-state index contributed by atoms with van der Waals surface area (Å²) in [6, 6.07) is 11.2. The second-order valence-electron chi connectivity index (χ2n) is 5.06. The van der Waals surface area contributed by atoms with Gasteiger partial charge in [0.2, 0.25) is 5.91 Å². The van der Waals surface area contributed by atoms with Crippen LogP contribution in [0.25, 0.3) is 10.9 Å². The first-order valence-electron chi connectivity index (χ1n) is 6.93. The summed E-state index contributed by atoms with van der Waals surface area (Å²) in [5.41, 5.74) is 2.34. The minimum absolute atomic E-state index is 0.129. The van der Waals surface area contributed by atoms with Gasteiger partial charge in [0.25, 0.3) is 0 Å². The normalized spacial score (nSPS) is 10.6. The number of pyridine rings is 1. The van der Waals surface area contributed by atoms with Crippen molar-refractivity contribution in [1.82, 2.24) is 9.55 Å². The minimum Gasteiger partial charge on any atom is -0.337 e. The minimum atomic E-state index is -0.181. The molecule has 5 nitrogen and oxygen atoms in total. The summed E-state index contributed by atoms with van der Waals surface area (Å²) in [7, 11) is 0. The van der Waals surface area contributed by atoms with Gasteiger partial charge in [0.1, 0.15) is 12.4 Å². The van der Waals surface area contributed by atoms with E-state index in [4.69, 9.17) is 0 Å². The Bertz CT molecular complexity index is 852. The summed E-state index contributed by atoms with van der Waals surface area (Å²) in [5.74, 6) is 0.375. The number of amides is 1. The fourth-order valence-corrected chi connectivity index (χ4v) is 2.44. The van der Waals surface area contributed by atoms with E-state index in [2.05, 4.69) is 10.3 Å². The number of aldehydes is 1. The fourth-order valence-electron chi connectivity index (χ4n) is 2.44. The molecule has 0 aliphatic heterocycles. The van der Waals surface area contributed by atoms with Crippen molar-refractivity contribution in [2.75, 3.05) is 5.32 Å². The van der Waals surface area contributed by atoms with Crippen LogP contribution in [0.1, 0.15) is 15.9 Å². The molecule has 1 aromatic carbocycles. The lowest BCUT2D eigenvalue weighted by molar-refractivity contribution is -0.116. The van der Waals surface area contributed by atoms with E-state index >= 15 is 0 Å². The van der Waals surface area contributed by atoms with Gasteiger partial charge < -0.3 is 9.88 Å². The number of carbonyl (C=O) groups excluding carboxylic acids is 2. The average molecular weight is 293 g/mol. The van der Waals surface area contributed by atoms with Crippen LogP contribution in [-0.4, -0.2) is 21.7 Å². The Morgan fingerprint density at radius 2 is 2.09 bits per heavy atom. The van der Waals surface area contributed by atoms with Gasteiger partial charge in [-0.3, -0.25) is 9.59 Å². The number of hydrogen-bond donors (Lipinski definition) is 1. The number of nitrogens with one attached hydrogen (secondary N) is 1. The molecule has 1 N–H and O–H groups in total. The second-order valence-corrected chi connectivity index (χ2v) is 5.06. The molecular formula is C17H15N3O2. The van der Waals surface area contributed by atoms with Gasteiger partial charge >= 0.3 is 0 Å². The smallest absolute Gasteiger partial charge is 0.245 e. The highest BCUT2D eigenvalue weighted by molar-refractivity contribution is 5.99. The quantitative estimate of drug-likeness (QED) is 0.752. The zero-order valence-corrected chi connectivity index (χ0v) is 12.1. The van der Waals surface area contributed by atoms with Gasteiger partial charge in [-0.15, -0.1) is 0 Å². The number of nitrogens with zero attached hydrogens (tertiary/aromatic N) is 2. The van der Waals surface area contributed by atoms with Crippen LogP contribution in [0.4, 0.5) is 5.82 Å². The topological polar surface area (TPSA) is 64.0 Å². The molecule has 0 unspecified atom stereocenters. The lowest BCUT2D eigenvalue weighted by Gasteiger charge is -2.08. The van der Waals surface area contributed by atoms with Crippen LogP contribution in [0.3, 0.4) is 0 Å². The Hall–Kier alpha value is -2.95. The van der Waals surface area contributed by atoms with Gasteiger partial charge in [-0.05, 0) is 24.6 Å². The zero-order chi connectivity index (χ0) is 15.5. The predicted molar refractivity (Wildman–Crippen MR) is 84.9 cm³/mol. The maximum atomic E-state index is 12.2. The third kappa shape index (κ3) is 2.61. The molecule has 3 rings (SSSR count). The molecule has 0 spiro atoms. The first-order chi connectivity index (χ1) is 10.7. The third-order valence-corrected chi connectivity index (χ3v) is 3.53. The molecule has 0 fully saturated rings. The van der Waals surface area contributed by atoms with Crippen molar-refractivity contribution in [1.29, 1.82) is 0 Å². The molecular weight excluding hydrogens is 278 g/mol. The molecule has 0 saturated carbocycles. The number of aryl methyl sites for hydroxylation is 1. The van der Waals surface area contributed by atoms with Crippen LogP contribution < -0.4 is 5.32 Å². The number of aromatic nitrogens is 2. The molecule has 0 radical (unpaired) electrons. The van der Waals surface area contributed by atoms with Crippen molar-refractivity contribution in [2.45, 2.75) is 13.5 Å². The summed E-state index contributed by atoms with van der Waals surface area (Å²) in [4.78, 5) is 27.5. The van der Waals surface area contributed by atoms with Gasteiger partial charge in [-0.2, -0.15) is 0 Å². The molecule has 0 atom stereocenters. The maximum Gasteiger partial charge on any atom is 0.245 e. The van der Waals surface area contributed by atoms with E-state index in [9.17, 15) is 9.59 Å². The van der Waals surface area contributed by atoms with E-state index in [1.807, 2.05) is 43.3 Å². The van der Waals surface area contributed by atoms with Crippen LogP contribution in [0.2, 0.25) is 0 Å². The van der Waals surface area contributed by atoms with Crippen molar-refractivity contribution in [2.24, 2.45) is 0 Å². The molecule has 1 amide bonds. The Kier molecular flexibility index (Phi) is 3.70. The number of para-hydroxylation sites is 1. The largest absolute Gasteiger partial charge is 0.337 e. The van der Waals surface area contributed by atoms with Crippen molar-refractivity contribution < 1.29 is 9.59 Å². The molecule has 22 heavy (non-hydrogen) atoms. The van der Waals surface area contributed by atoms with E-state index in [-0.39, 0.29) is 12.5 Å². The van der Waals surface area contributed by atoms with Gasteiger partial charge in [0, 0.05) is 28.9 Å². The molecule has 5 heteroatoms. The summed E-state index contributed by atoms with van der Waals surface area (Å²) in [6.07, 6.45) is 4.14. The van der Waals surface area contributed by atoms with Gasteiger partial charge in [-0.25, -0.2) is 4.98 Å². The van der Waals surface area contributed by atoms with Crippen LogP contribution in [-0.2, 0) is 11.3 Å². The highest BCUT2D eigenvalue weighted by Crippen LogP contribution is 2.20. The first-order valence-corrected chi connectivity index (χ1v) is 6.93. The second kappa shape index (κ2) is 5.81. The van der Waals surface area contributed by atoms with Gasteiger partial charge in [-0.1, -0.05) is 24.3 Å².